The largest absolute Gasteiger partial charge is 0.496 e. The van der Waals surface area contributed by atoms with Crippen molar-refractivity contribution in [3.8, 4) is 16.9 Å². The molecule has 1 unspecified atom stereocenters. The summed E-state index contributed by atoms with van der Waals surface area (Å²) in [6.07, 6.45) is 6.98. The van der Waals surface area contributed by atoms with E-state index in [1.54, 1.807) is 7.11 Å². The summed E-state index contributed by atoms with van der Waals surface area (Å²) in [7, 11) is 1.80. The van der Waals surface area contributed by atoms with E-state index in [-0.39, 0.29) is 5.41 Å². The van der Waals surface area contributed by atoms with Crippen LogP contribution in [0.25, 0.3) is 16.7 Å². The van der Waals surface area contributed by atoms with Gasteiger partial charge in [-0.3, -0.25) is 0 Å². The summed E-state index contributed by atoms with van der Waals surface area (Å²) < 4.78 is 5.88. The normalized spacial score (nSPS) is 16.2. The first-order chi connectivity index (χ1) is 18.2. The molecule has 186 valence electrons. The van der Waals surface area contributed by atoms with Gasteiger partial charge >= 0.3 is 0 Å². The van der Waals surface area contributed by atoms with Crippen molar-refractivity contribution in [2.75, 3.05) is 7.11 Å². The molecule has 0 amide bonds. The van der Waals surface area contributed by atoms with Gasteiger partial charge in [-0.2, -0.15) is 0 Å². The zero-order valence-corrected chi connectivity index (χ0v) is 22.2. The van der Waals surface area contributed by atoms with E-state index in [1.165, 1.54) is 44.5 Å². The van der Waals surface area contributed by atoms with Gasteiger partial charge in [-0.05, 0) is 70.7 Å². The highest BCUT2D eigenvalue weighted by molar-refractivity contribution is 5.83. The molecule has 0 radical (unpaired) electrons. The molecule has 0 spiro atoms. The quantitative estimate of drug-likeness (QED) is 0.242. The van der Waals surface area contributed by atoms with Crippen LogP contribution in [0, 0.1) is 0 Å². The highest BCUT2D eigenvalue weighted by Crippen LogP contribution is 2.54. The molecular formula is C36H36O. The summed E-state index contributed by atoms with van der Waals surface area (Å²) in [6.45, 7) is 4.66. The average Bonchev–Trinajstić information content (AvgIpc) is 3.49. The summed E-state index contributed by atoms with van der Waals surface area (Å²) >= 11 is 0. The first-order valence-corrected chi connectivity index (χ1v) is 13.8. The Morgan fingerprint density at radius 3 is 1.78 bits per heavy atom. The molecule has 1 heteroatoms. The Hall–Kier alpha value is -3.58. The number of fused-ring (bicyclic) bond motifs is 4. The van der Waals surface area contributed by atoms with E-state index in [1.807, 2.05) is 0 Å². The van der Waals surface area contributed by atoms with Crippen LogP contribution < -0.4 is 4.74 Å². The zero-order chi connectivity index (χ0) is 25.4. The fourth-order valence-electron chi connectivity index (χ4n) is 7.22. The summed E-state index contributed by atoms with van der Waals surface area (Å²) in [5.74, 6) is 1.89. The third-order valence-electron chi connectivity index (χ3n) is 9.09. The van der Waals surface area contributed by atoms with Gasteiger partial charge in [0.2, 0.25) is 0 Å². The minimum absolute atomic E-state index is 0.0655. The predicted octanol–water partition coefficient (Wildman–Crippen LogP) is 9.53. The van der Waals surface area contributed by atoms with Gasteiger partial charge in [-0.15, -0.1) is 0 Å². The number of para-hydroxylation sites is 1. The van der Waals surface area contributed by atoms with Crippen LogP contribution >= 0.6 is 0 Å². The summed E-state index contributed by atoms with van der Waals surface area (Å²) in [6, 6.07) is 35.8. The van der Waals surface area contributed by atoms with Gasteiger partial charge in [0.15, 0.2) is 0 Å². The fraction of sp³-hybridized carbons (Fsp3) is 0.278. The molecule has 0 aliphatic heterocycles. The lowest BCUT2D eigenvalue weighted by molar-refractivity contribution is 0.392. The van der Waals surface area contributed by atoms with Crippen molar-refractivity contribution in [3.05, 3.63) is 131 Å². The second-order valence-electron chi connectivity index (χ2n) is 10.6. The van der Waals surface area contributed by atoms with Crippen molar-refractivity contribution in [2.24, 2.45) is 0 Å². The topological polar surface area (TPSA) is 9.23 Å². The van der Waals surface area contributed by atoms with Crippen molar-refractivity contribution in [3.63, 3.8) is 0 Å². The maximum Gasteiger partial charge on any atom is 0.122 e. The van der Waals surface area contributed by atoms with E-state index in [2.05, 4.69) is 117 Å². The van der Waals surface area contributed by atoms with Crippen molar-refractivity contribution >= 4 is 5.57 Å². The third-order valence-corrected chi connectivity index (χ3v) is 9.09. The number of allylic oxidation sites excluding steroid dienone is 2. The summed E-state index contributed by atoms with van der Waals surface area (Å²) in [4.78, 5) is 0. The van der Waals surface area contributed by atoms with Crippen molar-refractivity contribution in [2.45, 2.75) is 56.8 Å². The van der Waals surface area contributed by atoms with Gasteiger partial charge < -0.3 is 4.74 Å². The van der Waals surface area contributed by atoms with Crippen LogP contribution in [0.1, 0.15) is 79.2 Å². The van der Waals surface area contributed by atoms with Gasteiger partial charge in [0.1, 0.15) is 5.75 Å². The van der Waals surface area contributed by atoms with Crippen LogP contribution in [0.4, 0.5) is 0 Å². The minimum atomic E-state index is -0.0655. The number of ether oxygens (including phenoxy) is 1. The fourth-order valence-corrected chi connectivity index (χ4v) is 7.22. The highest BCUT2D eigenvalue weighted by atomic mass is 16.5. The van der Waals surface area contributed by atoms with E-state index in [4.69, 9.17) is 4.74 Å². The zero-order valence-electron chi connectivity index (χ0n) is 22.2. The van der Waals surface area contributed by atoms with Crippen LogP contribution in [-0.2, 0) is 5.41 Å². The number of methoxy groups -OCH3 is 1. The van der Waals surface area contributed by atoms with E-state index < -0.39 is 0 Å². The third kappa shape index (κ3) is 3.75. The molecule has 4 aromatic carbocycles. The number of rotatable bonds is 8. The molecule has 1 atom stereocenters. The van der Waals surface area contributed by atoms with Crippen molar-refractivity contribution in [1.82, 2.24) is 0 Å². The van der Waals surface area contributed by atoms with Crippen LogP contribution in [0.2, 0.25) is 0 Å². The molecule has 0 bridgehead atoms. The molecule has 2 aliphatic rings. The van der Waals surface area contributed by atoms with E-state index >= 15 is 0 Å². The monoisotopic (exact) mass is 484 g/mol. The first kappa shape index (κ1) is 23.8. The lowest BCUT2D eigenvalue weighted by atomic mass is 9.68. The van der Waals surface area contributed by atoms with Crippen LogP contribution in [-0.4, -0.2) is 7.11 Å². The van der Waals surface area contributed by atoms with Crippen molar-refractivity contribution in [1.29, 1.82) is 0 Å². The van der Waals surface area contributed by atoms with E-state index in [9.17, 15) is 0 Å². The van der Waals surface area contributed by atoms with Gasteiger partial charge in [0.25, 0.3) is 0 Å². The van der Waals surface area contributed by atoms with E-state index in [0.29, 0.717) is 11.8 Å². The second-order valence-corrected chi connectivity index (χ2v) is 10.6. The average molecular weight is 485 g/mol. The molecule has 6 rings (SSSR count). The number of hydrogen-bond donors (Lipinski definition) is 0. The standard InChI is InChI=1S/C36H36O/c1-4-36(5-2,33-20-12-13-21-35(33)37-3)34-24-25(26-14-6-11-19-32(26)34)22-23-31-29-17-9-7-15-27(29)28-16-8-10-18-30(28)31/h6-21,24-25,31H,4-5,22-23H2,1-3H3. The molecular weight excluding hydrogens is 448 g/mol. The maximum absolute atomic E-state index is 5.88. The Balaban J connectivity index is 1.38. The molecule has 0 aromatic heterocycles. The Bertz CT molecular complexity index is 1410. The first-order valence-electron chi connectivity index (χ1n) is 13.8. The number of benzene rings is 4. The minimum Gasteiger partial charge on any atom is -0.496 e. The molecule has 0 saturated heterocycles. The van der Waals surface area contributed by atoms with Gasteiger partial charge in [-0.1, -0.05) is 111 Å². The smallest absolute Gasteiger partial charge is 0.122 e. The molecule has 37 heavy (non-hydrogen) atoms. The Labute approximate surface area is 221 Å². The highest BCUT2D eigenvalue weighted by Gasteiger charge is 2.40. The molecule has 0 N–H and O–H groups in total. The van der Waals surface area contributed by atoms with Crippen LogP contribution in [0.3, 0.4) is 0 Å². The Morgan fingerprint density at radius 1 is 0.622 bits per heavy atom. The van der Waals surface area contributed by atoms with Gasteiger partial charge in [-0.25, -0.2) is 0 Å². The Kier molecular flexibility index (Phi) is 6.24. The van der Waals surface area contributed by atoms with Crippen LogP contribution in [0.5, 0.6) is 5.75 Å². The van der Waals surface area contributed by atoms with Gasteiger partial charge in [0.05, 0.1) is 7.11 Å². The maximum atomic E-state index is 5.88. The molecule has 0 fully saturated rings. The van der Waals surface area contributed by atoms with Crippen molar-refractivity contribution < 1.29 is 4.74 Å². The van der Waals surface area contributed by atoms with E-state index in [0.717, 1.165) is 31.4 Å². The number of hydrogen-bond acceptors (Lipinski definition) is 1. The molecule has 1 nitrogen and oxygen atoms in total. The molecule has 2 aliphatic carbocycles. The molecule has 4 aromatic rings. The predicted molar refractivity (Wildman–Crippen MR) is 155 cm³/mol. The summed E-state index contributed by atoms with van der Waals surface area (Å²) in [5.41, 5.74) is 11.4. The summed E-state index contributed by atoms with van der Waals surface area (Å²) in [5, 5.41) is 0. The second kappa shape index (κ2) is 9.71. The lowest BCUT2D eigenvalue weighted by Gasteiger charge is -2.36. The van der Waals surface area contributed by atoms with Crippen LogP contribution in [0.15, 0.2) is 103 Å². The van der Waals surface area contributed by atoms with Gasteiger partial charge in [0, 0.05) is 22.8 Å². The molecule has 0 saturated carbocycles. The lowest BCUT2D eigenvalue weighted by Crippen LogP contribution is -2.26. The Morgan fingerprint density at radius 2 is 1.16 bits per heavy atom. The SMILES string of the molecule is CCC(CC)(C1=CC(CCC2c3ccccc3-c3ccccc32)c2ccccc21)c1ccccc1OC. The molecule has 0 heterocycles.